The van der Waals surface area contributed by atoms with Gasteiger partial charge in [0, 0.05) is 18.0 Å². The SMILES string of the molecule is CCn1c(CNC(=O)/C=C/c2ccc(OCc3csc(C)n3)cc2)n[nH]c1=S. The lowest BCUT2D eigenvalue weighted by atomic mass is 10.2. The van der Waals surface area contributed by atoms with Gasteiger partial charge in [-0.05, 0) is 49.8 Å². The number of thiazole rings is 1. The molecule has 2 heterocycles. The molecular weight excluding hydrogens is 394 g/mol. The molecule has 0 aliphatic carbocycles. The third kappa shape index (κ3) is 5.37. The fraction of sp³-hybridized carbons (Fsp3) is 0.263. The van der Waals surface area contributed by atoms with Gasteiger partial charge in [0.05, 0.1) is 17.2 Å². The van der Waals surface area contributed by atoms with E-state index in [0.717, 1.165) is 22.0 Å². The average molecular weight is 416 g/mol. The molecule has 0 saturated heterocycles. The van der Waals surface area contributed by atoms with Crippen molar-refractivity contribution in [2.24, 2.45) is 0 Å². The number of aromatic nitrogens is 4. The molecule has 0 fully saturated rings. The standard InChI is InChI=1S/C19H21N5O2S2/c1-3-24-17(22-23-19(24)27)10-20-18(25)9-6-14-4-7-16(8-5-14)26-11-15-12-28-13(2)21-15/h4-9,12H,3,10-11H2,1-2H3,(H,20,25)(H,23,27)/b9-6+. The van der Waals surface area contributed by atoms with E-state index in [-0.39, 0.29) is 5.91 Å². The lowest BCUT2D eigenvalue weighted by Crippen LogP contribution is -2.22. The van der Waals surface area contributed by atoms with Crippen molar-refractivity contribution in [2.45, 2.75) is 33.5 Å². The van der Waals surface area contributed by atoms with Gasteiger partial charge < -0.3 is 14.6 Å². The van der Waals surface area contributed by atoms with Gasteiger partial charge in [-0.15, -0.1) is 11.3 Å². The predicted molar refractivity (Wildman–Crippen MR) is 112 cm³/mol. The second-order valence-electron chi connectivity index (χ2n) is 5.96. The summed E-state index contributed by atoms with van der Waals surface area (Å²) in [4.78, 5) is 16.4. The number of nitrogens with one attached hydrogen (secondary N) is 2. The van der Waals surface area contributed by atoms with Crippen LogP contribution in [-0.4, -0.2) is 25.7 Å². The highest BCUT2D eigenvalue weighted by molar-refractivity contribution is 7.71. The van der Waals surface area contributed by atoms with E-state index in [1.165, 1.54) is 6.08 Å². The Bertz CT molecular complexity index is 1020. The van der Waals surface area contributed by atoms with Crippen LogP contribution in [0.4, 0.5) is 0 Å². The van der Waals surface area contributed by atoms with Crippen LogP contribution >= 0.6 is 23.6 Å². The Morgan fingerprint density at radius 2 is 2.18 bits per heavy atom. The Morgan fingerprint density at radius 1 is 1.39 bits per heavy atom. The van der Waals surface area contributed by atoms with Crippen molar-refractivity contribution in [3.63, 3.8) is 0 Å². The summed E-state index contributed by atoms with van der Waals surface area (Å²) in [6.45, 7) is 5.40. The minimum Gasteiger partial charge on any atom is -0.487 e. The van der Waals surface area contributed by atoms with Crippen molar-refractivity contribution < 1.29 is 9.53 Å². The predicted octanol–water partition coefficient (Wildman–Crippen LogP) is 3.63. The summed E-state index contributed by atoms with van der Waals surface area (Å²) in [7, 11) is 0. The monoisotopic (exact) mass is 415 g/mol. The van der Waals surface area contributed by atoms with Crippen LogP contribution in [0.2, 0.25) is 0 Å². The summed E-state index contributed by atoms with van der Waals surface area (Å²) in [6, 6.07) is 7.53. The lowest BCUT2D eigenvalue weighted by Gasteiger charge is -2.05. The summed E-state index contributed by atoms with van der Waals surface area (Å²) in [5.41, 5.74) is 1.83. The topological polar surface area (TPSA) is 84.8 Å². The molecule has 9 heteroatoms. The third-order valence-corrected chi connectivity index (χ3v) is 5.07. The summed E-state index contributed by atoms with van der Waals surface area (Å²) in [5.74, 6) is 1.26. The van der Waals surface area contributed by atoms with Crippen molar-refractivity contribution >= 4 is 35.5 Å². The van der Waals surface area contributed by atoms with Crippen LogP contribution in [0, 0.1) is 11.7 Å². The average Bonchev–Trinajstić information content (AvgIpc) is 3.28. The molecule has 146 valence electrons. The van der Waals surface area contributed by atoms with Gasteiger partial charge in [-0.25, -0.2) is 4.98 Å². The van der Waals surface area contributed by atoms with E-state index in [2.05, 4.69) is 20.5 Å². The van der Waals surface area contributed by atoms with Gasteiger partial charge in [0.15, 0.2) is 10.6 Å². The highest BCUT2D eigenvalue weighted by Gasteiger charge is 2.05. The molecule has 0 atom stereocenters. The molecule has 0 radical (unpaired) electrons. The zero-order chi connectivity index (χ0) is 19.9. The first-order valence-electron chi connectivity index (χ1n) is 8.79. The first kappa shape index (κ1) is 20.0. The summed E-state index contributed by atoms with van der Waals surface area (Å²) >= 11 is 6.74. The van der Waals surface area contributed by atoms with Gasteiger partial charge in [0.25, 0.3) is 0 Å². The Labute approximate surface area is 172 Å². The molecule has 1 amide bonds. The Balaban J connectivity index is 1.49. The van der Waals surface area contributed by atoms with E-state index >= 15 is 0 Å². The zero-order valence-corrected chi connectivity index (χ0v) is 17.3. The van der Waals surface area contributed by atoms with Gasteiger partial charge in [0.1, 0.15) is 12.4 Å². The number of ether oxygens (including phenoxy) is 1. The van der Waals surface area contributed by atoms with Crippen LogP contribution in [-0.2, 0) is 24.5 Å². The number of aromatic amines is 1. The van der Waals surface area contributed by atoms with Crippen LogP contribution in [0.5, 0.6) is 5.75 Å². The number of amides is 1. The molecule has 28 heavy (non-hydrogen) atoms. The molecule has 0 aliphatic heterocycles. The summed E-state index contributed by atoms with van der Waals surface area (Å²) < 4.78 is 8.11. The number of hydrogen-bond donors (Lipinski definition) is 2. The third-order valence-electron chi connectivity index (χ3n) is 3.93. The molecule has 1 aromatic carbocycles. The van der Waals surface area contributed by atoms with Crippen molar-refractivity contribution in [1.82, 2.24) is 25.1 Å². The fourth-order valence-corrected chi connectivity index (χ4v) is 3.39. The largest absolute Gasteiger partial charge is 0.487 e. The number of carbonyl (C=O) groups is 1. The van der Waals surface area contributed by atoms with Crippen molar-refractivity contribution in [1.29, 1.82) is 0 Å². The molecule has 0 spiro atoms. The van der Waals surface area contributed by atoms with Gasteiger partial charge in [-0.3, -0.25) is 9.89 Å². The van der Waals surface area contributed by atoms with E-state index in [4.69, 9.17) is 17.0 Å². The van der Waals surface area contributed by atoms with E-state index in [1.807, 2.05) is 48.1 Å². The van der Waals surface area contributed by atoms with E-state index in [0.29, 0.717) is 30.3 Å². The maximum Gasteiger partial charge on any atom is 0.244 e. The maximum absolute atomic E-state index is 12.0. The highest BCUT2D eigenvalue weighted by atomic mass is 32.1. The molecule has 2 N–H and O–H groups in total. The Hall–Kier alpha value is -2.78. The molecule has 7 nitrogen and oxygen atoms in total. The fourth-order valence-electron chi connectivity index (χ4n) is 2.52. The number of nitrogens with zero attached hydrogens (tertiary/aromatic N) is 3. The van der Waals surface area contributed by atoms with Crippen LogP contribution in [0.15, 0.2) is 35.7 Å². The second kappa shape index (κ2) is 9.43. The number of H-pyrrole nitrogens is 1. The normalized spacial score (nSPS) is 11.1. The van der Waals surface area contributed by atoms with Crippen molar-refractivity contribution in [2.75, 3.05) is 0 Å². The Morgan fingerprint density at radius 3 is 2.86 bits per heavy atom. The molecule has 0 aliphatic rings. The van der Waals surface area contributed by atoms with E-state index < -0.39 is 0 Å². The zero-order valence-electron chi connectivity index (χ0n) is 15.6. The second-order valence-corrected chi connectivity index (χ2v) is 7.40. The number of aryl methyl sites for hydroxylation is 1. The molecule has 0 unspecified atom stereocenters. The quantitative estimate of drug-likeness (QED) is 0.433. The molecule has 2 aromatic heterocycles. The number of benzene rings is 1. The lowest BCUT2D eigenvalue weighted by molar-refractivity contribution is -0.116. The number of carbonyl (C=O) groups excluding carboxylic acids is 1. The van der Waals surface area contributed by atoms with Gasteiger partial charge >= 0.3 is 0 Å². The van der Waals surface area contributed by atoms with Crippen LogP contribution in [0.1, 0.15) is 29.0 Å². The number of rotatable bonds is 8. The van der Waals surface area contributed by atoms with Crippen molar-refractivity contribution in [3.05, 3.63) is 62.6 Å². The highest BCUT2D eigenvalue weighted by Crippen LogP contribution is 2.16. The van der Waals surface area contributed by atoms with Gasteiger partial charge in [-0.1, -0.05) is 12.1 Å². The molecule has 3 aromatic rings. The van der Waals surface area contributed by atoms with Crippen LogP contribution < -0.4 is 10.1 Å². The van der Waals surface area contributed by atoms with Crippen LogP contribution in [0.25, 0.3) is 6.08 Å². The smallest absolute Gasteiger partial charge is 0.244 e. The van der Waals surface area contributed by atoms with E-state index in [9.17, 15) is 4.79 Å². The van der Waals surface area contributed by atoms with Crippen molar-refractivity contribution in [3.8, 4) is 5.75 Å². The maximum atomic E-state index is 12.0. The first-order chi connectivity index (χ1) is 13.5. The van der Waals surface area contributed by atoms with E-state index in [1.54, 1.807) is 17.4 Å². The van der Waals surface area contributed by atoms with Gasteiger partial charge in [-0.2, -0.15) is 5.10 Å². The molecular formula is C19H21N5O2S2. The molecule has 3 rings (SSSR count). The van der Waals surface area contributed by atoms with Crippen LogP contribution in [0.3, 0.4) is 0 Å². The summed E-state index contributed by atoms with van der Waals surface area (Å²) in [6.07, 6.45) is 3.24. The number of hydrogen-bond acceptors (Lipinski definition) is 6. The van der Waals surface area contributed by atoms with Gasteiger partial charge in [0.2, 0.25) is 5.91 Å². The Kier molecular flexibility index (Phi) is 6.72. The molecule has 0 saturated carbocycles. The minimum absolute atomic E-state index is 0.198. The minimum atomic E-state index is -0.198. The first-order valence-corrected chi connectivity index (χ1v) is 10.1. The molecule has 0 bridgehead atoms. The summed E-state index contributed by atoms with van der Waals surface area (Å²) in [5, 5.41) is 12.7.